The van der Waals surface area contributed by atoms with Crippen molar-refractivity contribution in [2.75, 3.05) is 13.2 Å². The van der Waals surface area contributed by atoms with Crippen molar-refractivity contribution in [1.29, 1.82) is 0 Å². The number of rotatable bonds is 73. The average Bonchev–Trinajstić information content (AvgIpc) is 3.53. The first-order chi connectivity index (χ1) is 42.5. The average molecular weight is 1210 g/mol. The van der Waals surface area contributed by atoms with Crippen LogP contribution in [0.4, 0.5) is 0 Å². The van der Waals surface area contributed by atoms with Gasteiger partial charge in [0.25, 0.3) is 0 Å². The predicted molar refractivity (Wildman–Crippen MR) is 379 cm³/mol. The van der Waals surface area contributed by atoms with Gasteiger partial charge in [-0.1, -0.05) is 371 Å². The van der Waals surface area contributed by atoms with Crippen LogP contribution in [-0.2, 0) is 14.3 Å². The highest BCUT2D eigenvalue weighted by Gasteiger charge is 2.20. The Morgan fingerprint density at radius 2 is 0.581 bits per heavy atom. The number of esters is 1. The van der Waals surface area contributed by atoms with E-state index < -0.39 is 12.1 Å². The number of aliphatic hydroxyl groups excluding tert-OH is 2. The molecule has 0 spiro atoms. The van der Waals surface area contributed by atoms with Gasteiger partial charge in [0.2, 0.25) is 5.91 Å². The first-order valence-electron chi connectivity index (χ1n) is 38.9. The van der Waals surface area contributed by atoms with Crippen molar-refractivity contribution in [1.82, 2.24) is 5.32 Å². The number of aliphatic hydroxyl groups is 2. The van der Waals surface area contributed by atoms with Gasteiger partial charge in [-0.25, -0.2) is 0 Å². The van der Waals surface area contributed by atoms with E-state index in [1.54, 1.807) is 0 Å². The van der Waals surface area contributed by atoms with Gasteiger partial charge in [0.15, 0.2) is 0 Å². The molecule has 0 aliphatic carbocycles. The van der Waals surface area contributed by atoms with Crippen LogP contribution < -0.4 is 5.32 Å². The Morgan fingerprint density at radius 1 is 0.326 bits per heavy atom. The van der Waals surface area contributed by atoms with E-state index in [2.05, 4.69) is 67.8 Å². The molecule has 0 aromatic heterocycles. The highest BCUT2D eigenvalue weighted by Crippen LogP contribution is 2.19. The number of hydrogen-bond acceptors (Lipinski definition) is 5. The van der Waals surface area contributed by atoms with Crippen molar-refractivity contribution in [3.05, 3.63) is 48.6 Å². The Balaban J connectivity index is 3.42. The Labute approximate surface area is 537 Å². The number of allylic oxidation sites excluding steroid dienone is 8. The number of unbranched alkanes of at least 4 members (excludes halogenated alkanes) is 54. The summed E-state index contributed by atoms with van der Waals surface area (Å²) in [6.07, 6.45) is 98.9. The van der Waals surface area contributed by atoms with Crippen molar-refractivity contribution >= 4 is 11.9 Å². The Bertz CT molecular complexity index is 1440. The SMILES string of the molecule is CCCCC/C=C\C/C=C\CCCCCCCCCCCC(=O)OCCCCCCCCCCC/C=C\C/C=C\CCCCCCCCCCCC(=O)NC(CO)C(O)CCCCCCCCCCCCCCCCCCCCCCCCCCC. The highest BCUT2D eigenvalue weighted by molar-refractivity contribution is 5.76. The summed E-state index contributed by atoms with van der Waals surface area (Å²) in [6.45, 7) is 4.96. The van der Waals surface area contributed by atoms with Gasteiger partial charge in [0.05, 0.1) is 25.4 Å². The zero-order chi connectivity index (χ0) is 62.0. The lowest BCUT2D eigenvalue weighted by Crippen LogP contribution is -2.45. The molecule has 0 saturated heterocycles. The first kappa shape index (κ1) is 83.8. The summed E-state index contributed by atoms with van der Waals surface area (Å²) in [6, 6.07) is -0.549. The van der Waals surface area contributed by atoms with E-state index in [9.17, 15) is 19.8 Å². The van der Waals surface area contributed by atoms with E-state index in [-0.39, 0.29) is 18.5 Å². The smallest absolute Gasteiger partial charge is 0.305 e. The van der Waals surface area contributed by atoms with Gasteiger partial charge in [0, 0.05) is 12.8 Å². The van der Waals surface area contributed by atoms with Crippen molar-refractivity contribution in [2.24, 2.45) is 0 Å². The van der Waals surface area contributed by atoms with E-state index in [1.165, 1.54) is 334 Å². The number of ether oxygens (including phenoxy) is 1. The number of carbonyl (C=O) groups excluding carboxylic acids is 2. The van der Waals surface area contributed by atoms with E-state index in [1.807, 2.05) is 0 Å². The molecule has 0 rings (SSSR count). The van der Waals surface area contributed by atoms with E-state index in [0.29, 0.717) is 25.9 Å². The molecule has 0 radical (unpaired) electrons. The minimum Gasteiger partial charge on any atom is -0.466 e. The van der Waals surface area contributed by atoms with E-state index in [0.717, 1.165) is 57.8 Å². The fraction of sp³-hybridized carbons (Fsp3) is 0.875. The summed E-state index contributed by atoms with van der Waals surface area (Å²) in [4.78, 5) is 24.7. The third kappa shape index (κ3) is 70.9. The third-order valence-electron chi connectivity index (χ3n) is 18.1. The molecule has 86 heavy (non-hydrogen) atoms. The minimum atomic E-state index is -0.671. The molecule has 2 unspecified atom stereocenters. The third-order valence-corrected chi connectivity index (χ3v) is 18.1. The second-order valence-corrected chi connectivity index (χ2v) is 26.7. The molecule has 3 N–H and O–H groups in total. The molecule has 506 valence electrons. The van der Waals surface area contributed by atoms with Crippen LogP contribution >= 0.6 is 0 Å². The van der Waals surface area contributed by atoms with Crippen molar-refractivity contribution in [3.8, 4) is 0 Å². The molecule has 6 heteroatoms. The van der Waals surface area contributed by atoms with Crippen molar-refractivity contribution in [2.45, 2.75) is 437 Å². The van der Waals surface area contributed by atoms with E-state index in [4.69, 9.17) is 4.74 Å². The normalized spacial score (nSPS) is 12.7. The zero-order valence-electron chi connectivity index (χ0n) is 58.1. The van der Waals surface area contributed by atoms with Gasteiger partial charge in [0.1, 0.15) is 0 Å². The predicted octanol–water partition coefficient (Wildman–Crippen LogP) is 25.6. The number of nitrogens with one attached hydrogen (secondary N) is 1. The molecule has 0 bridgehead atoms. The second kappa shape index (κ2) is 75.3. The van der Waals surface area contributed by atoms with Crippen molar-refractivity contribution in [3.63, 3.8) is 0 Å². The second-order valence-electron chi connectivity index (χ2n) is 26.7. The molecule has 2 atom stereocenters. The molecule has 0 heterocycles. The number of carbonyl (C=O) groups is 2. The van der Waals surface area contributed by atoms with E-state index >= 15 is 0 Å². The summed E-state index contributed by atoms with van der Waals surface area (Å²) < 4.78 is 5.50. The quantitative estimate of drug-likeness (QED) is 0.0320. The molecule has 0 fully saturated rings. The summed E-state index contributed by atoms with van der Waals surface area (Å²) in [5.74, 6) is -0.0307. The van der Waals surface area contributed by atoms with Gasteiger partial charge in [-0.05, 0) is 89.9 Å². The Hall–Kier alpha value is -2.18. The zero-order valence-corrected chi connectivity index (χ0v) is 58.1. The lowest BCUT2D eigenvalue weighted by molar-refractivity contribution is -0.143. The van der Waals surface area contributed by atoms with Crippen LogP contribution in [0.3, 0.4) is 0 Å². The minimum absolute atomic E-state index is 0.00594. The molecule has 0 aromatic rings. The van der Waals surface area contributed by atoms with Crippen LogP contribution in [-0.4, -0.2) is 47.4 Å². The summed E-state index contributed by atoms with van der Waals surface area (Å²) in [5.41, 5.74) is 0. The first-order valence-corrected chi connectivity index (χ1v) is 38.9. The topological polar surface area (TPSA) is 95.9 Å². The summed E-state index contributed by atoms with van der Waals surface area (Å²) >= 11 is 0. The molecular formula is C80H151NO5. The molecule has 0 aliphatic rings. The Morgan fingerprint density at radius 3 is 0.907 bits per heavy atom. The lowest BCUT2D eigenvalue weighted by atomic mass is 10.0. The van der Waals surface area contributed by atoms with Gasteiger partial charge >= 0.3 is 5.97 Å². The van der Waals surface area contributed by atoms with Crippen LogP contribution in [0.1, 0.15) is 425 Å². The maximum atomic E-state index is 12.6. The molecule has 0 aromatic carbocycles. The molecule has 1 amide bonds. The van der Waals surface area contributed by atoms with Gasteiger partial charge in [-0.2, -0.15) is 0 Å². The van der Waals surface area contributed by atoms with Crippen LogP contribution in [0, 0.1) is 0 Å². The highest BCUT2D eigenvalue weighted by atomic mass is 16.5. The van der Waals surface area contributed by atoms with Crippen molar-refractivity contribution < 1.29 is 24.5 Å². The fourth-order valence-corrected chi connectivity index (χ4v) is 12.2. The standard InChI is InChI=1S/C80H151NO5/c1-3-5-7-9-11-13-15-17-19-21-23-24-25-27-30-33-37-40-44-48-52-56-60-64-68-72-78(83)77(76-82)81-79(84)73-69-65-61-57-53-49-45-41-38-34-31-28-26-29-32-35-39-43-47-51-55-59-63-67-71-75-86-80(85)74-70-66-62-58-54-50-46-42-36-22-20-18-16-14-12-10-8-6-4-2/h12,14,18,20,28-29,31-32,77-78,82-83H,3-11,13,15-17,19,21-27,30,33-76H2,1-2H3,(H,81,84)/b14-12-,20-18-,31-28-,32-29-. The van der Waals surface area contributed by atoms with Crippen LogP contribution in [0.5, 0.6) is 0 Å². The van der Waals surface area contributed by atoms with Gasteiger partial charge < -0.3 is 20.3 Å². The summed E-state index contributed by atoms with van der Waals surface area (Å²) in [7, 11) is 0. The van der Waals surface area contributed by atoms with Gasteiger partial charge in [-0.15, -0.1) is 0 Å². The van der Waals surface area contributed by atoms with Crippen LogP contribution in [0.25, 0.3) is 0 Å². The van der Waals surface area contributed by atoms with Crippen LogP contribution in [0.15, 0.2) is 48.6 Å². The molecular weight excluding hydrogens is 1050 g/mol. The van der Waals surface area contributed by atoms with Gasteiger partial charge in [-0.3, -0.25) is 9.59 Å². The monoisotopic (exact) mass is 1210 g/mol. The molecule has 6 nitrogen and oxygen atoms in total. The largest absolute Gasteiger partial charge is 0.466 e. The number of hydrogen-bond donors (Lipinski definition) is 3. The fourth-order valence-electron chi connectivity index (χ4n) is 12.2. The Kier molecular flexibility index (Phi) is 73.4. The maximum absolute atomic E-state index is 12.6. The molecule has 0 aliphatic heterocycles. The maximum Gasteiger partial charge on any atom is 0.305 e. The van der Waals surface area contributed by atoms with Crippen LogP contribution in [0.2, 0.25) is 0 Å². The lowest BCUT2D eigenvalue weighted by Gasteiger charge is -2.22. The number of amides is 1. The molecule has 0 saturated carbocycles. The summed E-state index contributed by atoms with van der Waals surface area (Å²) in [5, 5.41) is 23.5.